The van der Waals surface area contributed by atoms with Gasteiger partial charge in [-0.3, -0.25) is 9.59 Å². The lowest BCUT2D eigenvalue weighted by Gasteiger charge is -2.57. The summed E-state index contributed by atoms with van der Waals surface area (Å²) >= 11 is 11.4. The molecule has 2 N–H and O–H groups in total. The number of amides is 2. The zero-order valence-corrected chi connectivity index (χ0v) is 22.2. The van der Waals surface area contributed by atoms with Gasteiger partial charge in [0, 0.05) is 24.8 Å². The Morgan fingerprint density at radius 1 is 0.895 bits per heavy atom. The highest BCUT2D eigenvalue weighted by molar-refractivity contribution is 6.31. The molecular formula is C26H28Cl2F2N2O6. The second kappa shape index (κ2) is 12.0. The van der Waals surface area contributed by atoms with Crippen molar-refractivity contribution in [3.05, 3.63) is 58.1 Å². The third-order valence-corrected chi connectivity index (χ3v) is 7.61. The van der Waals surface area contributed by atoms with Crippen molar-refractivity contribution in [2.45, 2.75) is 49.3 Å². The largest absolute Gasteiger partial charge is 0.484 e. The van der Waals surface area contributed by atoms with Gasteiger partial charge < -0.3 is 29.6 Å². The molecule has 0 spiro atoms. The molecule has 3 aliphatic carbocycles. The van der Waals surface area contributed by atoms with Gasteiger partial charge in [0.25, 0.3) is 11.8 Å². The van der Waals surface area contributed by atoms with E-state index >= 15 is 0 Å². The lowest BCUT2D eigenvalue weighted by Crippen LogP contribution is -2.71. The van der Waals surface area contributed by atoms with E-state index in [1.54, 1.807) is 0 Å². The summed E-state index contributed by atoms with van der Waals surface area (Å²) in [6, 6.07) is 7.91. The second-order valence-corrected chi connectivity index (χ2v) is 10.3. The molecule has 206 valence electrons. The molecule has 3 aliphatic rings. The van der Waals surface area contributed by atoms with Crippen LogP contribution in [0.4, 0.5) is 8.78 Å². The summed E-state index contributed by atoms with van der Waals surface area (Å²) in [7, 11) is 1.50. The Bertz CT molecular complexity index is 1180. The summed E-state index contributed by atoms with van der Waals surface area (Å²) in [5.74, 6) is -1.63. The molecule has 0 radical (unpaired) electrons. The van der Waals surface area contributed by atoms with Gasteiger partial charge >= 0.3 is 0 Å². The highest BCUT2D eigenvalue weighted by Gasteiger charge is 2.56. The third kappa shape index (κ3) is 6.66. The van der Waals surface area contributed by atoms with Crippen LogP contribution in [-0.4, -0.2) is 56.1 Å². The van der Waals surface area contributed by atoms with Gasteiger partial charge in [-0.1, -0.05) is 23.2 Å². The highest BCUT2D eigenvalue weighted by atomic mass is 35.5. The van der Waals surface area contributed by atoms with Gasteiger partial charge in [-0.15, -0.1) is 0 Å². The fourth-order valence-corrected chi connectivity index (χ4v) is 5.31. The maximum absolute atomic E-state index is 13.7. The van der Waals surface area contributed by atoms with Gasteiger partial charge in [-0.05, 0) is 56.4 Å². The maximum Gasteiger partial charge on any atom is 0.258 e. The van der Waals surface area contributed by atoms with Crippen molar-refractivity contribution in [1.82, 2.24) is 10.6 Å². The second-order valence-electron chi connectivity index (χ2n) is 9.53. The van der Waals surface area contributed by atoms with Crippen molar-refractivity contribution < 1.29 is 37.3 Å². The minimum atomic E-state index is -0.673. The number of methoxy groups -OCH3 is 1. The molecule has 0 unspecified atom stereocenters. The molecule has 3 fully saturated rings. The Balaban J connectivity index is 1.35. The SMILES string of the molecule is COCO[C@H]1CC2(NC(=O)COc3ccc(Cl)c(F)c3)CCC1(NC(=O)COc1ccc(Cl)c(F)c1)CC2. The molecule has 0 aliphatic heterocycles. The maximum atomic E-state index is 13.7. The van der Waals surface area contributed by atoms with Crippen LogP contribution in [0.1, 0.15) is 32.1 Å². The van der Waals surface area contributed by atoms with Crippen LogP contribution in [0.3, 0.4) is 0 Å². The van der Waals surface area contributed by atoms with Gasteiger partial charge in [0.2, 0.25) is 0 Å². The van der Waals surface area contributed by atoms with Crippen molar-refractivity contribution in [2.75, 3.05) is 27.1 Å². The van der Waals surface area contributed by atoms with E-state index in [1.807, 2.05) is 0 Å². The van der Waals surface area contributed by atoms with E-state index in [0.29, 0.717) is 32.1 Å². The number of fused-ring (bicyclic) bond motifs is 3. The number of carbonyl (C=O) groups is 2. The lowest BCUT2D eigenvalue weighted by molar-refractivity contribution is -0.161. The fourth-order valence-electron chi connectivity index (χ4n) is 5.08. The van der Waals surface area contributed by atoms with Crippen LogP contribution in [0.25, 0.3) is 0 Å². The molecule has 1 atom stereocenters. The van der Waals surface area contributed by atoms with E-state index in [-0.39, 0.29) is 53.4 Å². The topological polar surface area (TPSA) is 95.1 Å². The van der Waals surface area contributed by atoms with E-state index < -0.39 is 28.8 Å². The van der Waals surface area contributed by atoms with E-state index in [1.165, 1.54) is 31.4 Å². The van der Waals surface area contributed by atoms with E-state index in [2.05, 4.69) is 10.6 Å². The normalized spacial score (nSPS) is 24.1. The zero-order chi connectivity index (χ0) is 27.3. The summed E-state index contributed by atoms with van der Waals surface area (Å²) in [6.45, 7) is -0.598. The van der Waals surface area contributed by atoms with E-state index in [4.69, 9.17) is 42.1 Å². The van der Waals surface area contributed by atoms with Crippen LogP contribution >= 0.6 is 23.2 Å². The standard InChI is InChI=1S/C26H28Cl2F2N2O6/c1-35-15-38-22-12-25(31-23(33)13-36-16-2-4-18(27)20(29)10-16)6-8-26(22,9-7-25)32-24(34)14-37-17-3-5-19(28)21(30)11-17/h2-5,10-11,22H,6-9,12-15H2,1H3,(H,31,33)(H,32,34)/t22-,25?,26?/m0/s1. The van der Waals surface area contributed by atoms with Crippen LogP contribution in [0.2, 0.25) is 10.0 Å². The van der Waals surface area contributed by atoms with Gasteiger partial charge in [-0.25, -0.2) is 8.78 Å². The van der Waals surface area contributed by atoms with Crippen molar-refractivity contribution in [1.29, 1.82) is 0 Å². The highest BCUT2D eigenvalue weighted by Crippen LogP contribution is 2.48. The molecule has 5 rings (SSSR count). The first-order chi connectivity index (χ1) is 18.1. The molecule has 0 aromatic heterocycles. The quantitative estimate of drug-likeness (QED) is 0.387. The minimum absolute atomic E-state index is 0.0120. The number of hydrogen-bond donors (Lipinski definition) is 2. The third-order valence-electron chi connectivity index (χ3n) is 6.99. The Morgan fingerprint density at radius 2 is 1.42 bits per heavy atom. The molecule has 3 saturated carbocycles. The van der Waals surface area contributed by atoms with Gasteiger partial charge in [-0.2, -0.15) is 0 Å². The zero-order valence-electron chi connectivity index (χ0n) is 20.7. The smallest absolute Gasteiger partial charge is 0.258 e. The Morgan fingerprint density at radius 3 is 1.92 bits per heavy atom. The van der Waals surface area contributed by atoms with Crippen LogP contribution in [-0.2, 0) is 19.1 Å². The van der Waals surface area contributed by atoms with Crippen molar-refractivity contribution in [2.24, 2.45) is 0 Å². The summed E-state index contributed by atoms with van der Waals surface area (Å²) in [6.07, 6.45) is 2.31. The Kier molecular flexibility index (Phi) is 8.97. The lowest BCUT2D eigenvalue weighted by atomic mass is 9.59. The molecule has 38 heavy (non-hydrogen) atoms. The molecule has 8 nitrogen and oxygen atoms in total. The number of benzene rings is 2. The number of hydrogen-bond acceptors (Lipinski definition) is 6. The first kappa shape index (κ1) is 28.4. The van der Waals surface area contributed by atoms with Gasteiger partial charge in [0.1, 0.15) is 29.9 Å². The summed E-state index contributed by atoms with van der Waals surface area (Å²) in [5, 5.41) is 6.04. The summed E-state index contributed by atoms with van der Waals surface area (Å²) < 4.78 is 49.2. The van der Waals surface area contributed by atoms with Crippen LogP contribution < -0.4 is 20.1 Å². The minimum Gasteiger partial charge on any atom is -0.484 e. The number of rotatable bonds is 11. The van der Waals surface area contributed by atoms with Crippen molar-refractivity contribution >= 4 is 35.0 Å². The predicted octanol–water partition coefficient (Wildman–Crippen LogP) is 4.41. The van der Waals surface area contributed by atoms with Crippen molar-refractivity contribution in [3.63, 3.8) is 0 Å². The average Bonchev–Trinajstić information content (AvgIpc) is 2.89. The molecule has 2 bridgehead atoms. The summed E-state index contributed by atoms with van der Waals surface area (Å²) in [5.41, 5.74) is -1.22. The molecule has 0 saturated heterocycles. The first-order valence-electron chi connectivity index (χ1n) is 12.0. The fraction of sp³-hybridized carbons (Fsp3) is 0.462. The van der Waals surface area contributed by atoms with Crippen molar-refractivity contribution in [3.8, 4) is 11.5 Å². The van der Waals surface area contributed by atoms with Crippen LogP contribution in [0.15, 0.2) is 36.4 Å². The van der Waals surface area contributed by atoms with Gasteiger partial charge in [0.15, 0.2) is 13.2 Å². The molecule has 2 aromatic carbocycles. The van der Waals surface area contributed by atoms with E-state index in [9.17, 15) is 18.4 Å². The molecule has 12 heteroatoms. The first-order valence-corrected chi connectivity index (χ1v) is 12.8. The number of ether oxygens (including phenoxy) is 4. The number of carbonyl (C=O) groups excluding carboxylic acids is 2. The Labute approximate surface area is 228 Å². The Hall–Kier alpha value is -2.66. The van der Waals surface area contributed by atoms with Crippen LogP contribution in [0, 0.1) is 11.6 Å². The number of nitrogens with one attached hydrogen (secondary N) is 2. The molecular weight excluding hydrogens is 545 g/mol. The molecule has 2 amide bonds. The van der Waals surface area contributed by atoms with E-state index in [0.717, 1.165) is 12.1 Å². The molecule has 0 heterocycles. The van der Waals surface area contributed by atoms with Crippen LogP contribution in [0.5, 0.6) is 11.5 Å². The monoisotopic (exact) mass is 572 g/mol. The van der Waals surface area contributed by atoms with Gasteiger partial charge in [0.05, 0.1) is 21.7 Å². The molecule has 2 aromatic rings. The number of halogens is 4. The summed E-state index contributed by atoms with van der Waals surface area (Å²) in [4.78, 5) is 25.5. The predicted molar refractivity (Wildman–Crippen MR) is 135 cm³/mol. The average molecular weight is 573 g/mol.